The third-order valence-corrected chi connectivity index (χ3v) is 5.15. The van der Waals surface area contributed by atoms with Gasteiger partial charge in [0, 0.05) is 27.0 Å². The zero-order chi connectivity index (χ0) is 19.0. The molecule has 1 aromatic heterocycles. The summed E-state index contributed by atoms with van der Waals surface area (Å²) in [5.41, 5.74) is 3.97. The molecule has 1 N–H and O–H groups in total. The van der Waals surface area contributed by atoms with Crippen molar-refractivity contribution in [2.45, 2.75) is 20.3 Å². The Morgan fingerprint density at radius 3 is 2.19 bits per heavy atom. The fourth-order valence-electron chi connectivity index (χ4n) is 3.26. The van der Waals surface area contributed by atoms with Crippen LogP contribution in [-0.4, -0.2) is 15.6 Å². The highest BCUT2D eigenvalue weighted by Gasteiger charge is 2.26. The molecule has 0 bridgehead atoms. The van der Waals surface area contributed by atoms with Gasteiger partial charge in [-0.15, -0.1) is 0 Å². The molecule has 0 spiro atoms. The van der Waals surface area contributed by atoms with Crippen LogP contribution in [0.3, 0.4) is 0 Å². The Morgan fingerprint density at radius 2 is 1.65 bits per heavy atom. The van der Waals surface area contributed by atoms with E-state index in [1.165, 1.54) is 0 Å². The number of hydrogen-bond donors (Lipinski definition) is 1. The Bertz CT molecular complexity index is 991. The Labute approximate surface area is 166 Å². The first-order valence-corrected chi connectivity index (χ1v) is 9.17. The number of aromatic carboxylic acids is 1. The van der Waals surface area contributed by atoms with Crippen LogP contribution in [0.5, 0.6) is 0 Å². The van der Waals surface area contributed by atoms with Crippen LogP contribution in [0.1, 0.15) is 28.5 Å². The topological polar surface area (TPSA) is 42.2 Å². The van der Waals surface area contributed by atoms with Crippen molar-refractivity contribution < 1.29 is 9.90 Å². The van der Waals surface area contributed by atoms with Gasteiger partial charge in [0.25, 0.3) is 0 Å². The zero-order valence-electron chi connectivity index (χ0n) is 14.2. The summed E-state index contributed by atoms with van der Waals surface area (Å²) in [5.74, 6) is -0.960. The number of hydrogen-bond acceptors (Lipinski definition) is 1. The van der Waals surface area contributed by atoms with Crippen molar-refractivity contribution >= 4 is 40.8 Å². The molecule has 134 valence electrons. The quantitative estimate of drug-likeness (QED) is 0.523. The maximum atomic E-state index is 11.9. The monoisotopic (exact) mass is 407 g/mol. The van der Waals surface area contributed by atoms with Gasteiger partial charge in [-0.05, 0) is 61.4 Å². The van der Waals surface area contributed by atoms with Crippen molar-refractivity contribution in [2.75, 3.05) is 0 Å². The molecule has 6 heteroatoms. The second-order valence-electron chi connectivity index (χ2n) is 5.88. The molecule has 3 aromatic rings. The number of rotatable bonds is 4. The Morgan fingerprint density at radius 1 is 1.04 bits per heavy atom. The van der Waals surface area contributed by atoms with Crippen LogP contribution >= 0.6 is 34.8 Å². The van der Waals surface area contributed by atoms with E-state index in [9.17, 15) is 9.90 Å². The third-order valence-electron chi connectivity index (χ3n) is 4.35. The van der Waals surface area contributed by atoms with Gasteiger partial charge in [0.1, 0.15) is 0 Å². The van der Waals surface area contributed by atoms with E-state index >= 15 is 0 Å². The standard InChI is InChI=1S/C20H16Cl3NO2/c1-3-15-18(20(25)26)11(2)24(14-7-4-12(21)5-8-14)19(15)16-9-6-13(22)10-17(16)23/h4-10H,3H2,1-2H3,(H,25,26). The second-order valence-corrected chi connectivity index (χ2v) is 7.16. The van der Waals surface area contributed by atoms with Crippen LogP contribution in [0, 0.1) is 6.92 Å². The average molecular weight is 409 g/mol. The van der Waals surface area contributed by atoms with Gasteiger partial charge in [0.05, 0.1) is 16.3 Å². The number of aromatic nitrogens is 1. The van der Waals surface area contributed by atoms with Crippen LogP contribution in [0.2, 0.25) is 15.1 Å². The molecule has 1 heterocycles. The number of carbonyl (C=O) groups is 1. The molecule has 0 aliphatic carbocycles. The van der Waals surface area contributed by atoms with Crippen molar-refractivity contribution in [2.24, 2.45) is 0 Å². The van der Waals surface area contributed by atoms with Crippen LogP contribution < -0.4 is 0 Å². The summed E-state index contributed by atoms with van der Waals surface area (Å²) in [6, 6.07) is 12.5. The van der Waals surface area contributed by atoms with E-state index in [4.69, 9.17) is 34.8 Å². The molecule has 2 aromatic carbocycles. The minimum absolute atomic E-state index is 0.295. The molecule has 0 atom stereocenters. The molecule has 3 nitrogen and oxygen atoms in total. The van der Waals surface area contributed by atoms with Gasteiger partial charge in [-0.1, -0.05) is 41.7 Å². The lowest BCUT2D eigenvalue weighted by Gasteiger charge is -2.15. The molecular formula is C20H16Cl3NO2. The van der Waals surface area contributed by atoms with Gasteiger partial charge in [-0.3, -0.25) is 0 Å². The van der Waals surface area contributed by atoms with E-state index in [0.29, 0.717) is 32.7 Å². The third kappa shape index (κ3) is 3.23. The maximum absolute atomic E-state index is 11.9. The molecular weight excluding hydrogens is 393 g/mol. The Hall–Kier alpha value is -1.94. The van der Waals surface area contributed by atoms with Gasteiger partial charge in [-0.25, -0.2) is 4.79 Å². The van der Waals surface area contributed by atoms with Crippen molar-refractivity contribution in [3.05, 3.63) is 74.4 Å². The summed E-state index contributed by atoms with van der Waals surface area (Å²) in [5, 5.41) is 11.4. The van der Waals surface area contributed by atoms with Gasteiger partial charge in [0.15, 0.2) is 0 Å². The molecule has 0 saturated carbocycles. The number of carboxylic acid groups (broad SMARTS) is 1. The number of carboxylic acids is 1. The van der Waals surface area contributed by atoms with Crippen LogP contribution in [-0.2, 0) is 6.42 Å². The summed E-state index contributed by atoms with van der Waals surface area (Å²) >= 11 is 18.5. The molecule has 0 fully saturated rings. The highest BCUT2D eigenvalue weighted by Crippen LogP contribution is 2.39. The molecule has 26 heavy (non-hydrogen) atoms. The fourth-order valence-corrected chi connectivity index (χ4v) is 3.88. The minimum Gasteiger partial charge on any atom is -0.478 e. The highest BCUT2D eigenvalue weighted by atomic mass is 35.5. The molecule has 0 radical (unpaired) electrons. The van der Waals surface area contributed by atoms with Gasteiger partial charge < -0.3 is 9.67 Å². The van der Waals surface area contributed by atoms with Crippen molar-refractivity contribution in [3.63, 3.8) is 0 Å². The normalized spacial score (nSPS) is 11.0. The summed E-state index contributed by atoms with van der Waals surface area (Å²) in [6.07, 6.45) is 0.553. The van der Waals surface area contributed by atoms with Crippen LogP contribution in [0.4, 0.5) is 0 Å². The predicted octanol–water partition coefficient (Wildman–Crippen LogP) is 6.67. The lowest BCUT2D eigenvalue weighted by atomic mass is 10.0. The zero-order valence-corrected chi connectivity index (χ0v) is 16.5. The first kappa shape index (κ1) is 18.8. The molecule has 0 saturated heterocycles. The molecule has 0 amide bonds. The van der Waals surface area contributed by atoms with Crippen molar-refractivity contribution in [1.82, 2.24) is 4.57 Å². The first-order chi connectivity index (χ1) is 12.3. The Balaban J connectivity index is 2.42. The molecule has 0 aliphatic heterocycles. The number of benzene rings is 2. The largest absolute Gasteiger partial charge is 0.478 e. The molecule has 0 unspecified atom stereocenters. The summed E-state index contributed by atoms with van der Waals surface area (Å²) in [4.78, 5) is 11.9. The van der Waals surface area contributed by atoms with Crippen LogP contribution in [0.15, 0.2) is 42.5 Å². The SMILES string of the molecule is CCc1c(C(=O)O)c(C)n(-c2ccc(Cl)cc2)c1-c1ccc(Cl)cc1Cl. The van der Waals surface area contributed by atoms with E-state index in [-0.39, 0.29) is 0 Å². The van der Waals surface area contributed by atoms with Crippen molar-refractivity contribution in [1.29, 1.82) is 0 Å². The summed E-state index contributed by atoms with van der Waals surface area (Å²) in [7, 11) is 0. The van der Waals surface area contributed by atoms with E-state index in [0.717, 1.165) is 22.5 Å². The lowest BCUT2D eigenvalue weighted by Crippen LogP contribution is -2.02. The molecule has 3 rings (SSSR count). The predicted molar refractivity (Wildman–Crippen MR) is 107 cm³/mol. The smallest absolute Gasteiger partial charge is 0.337 e. The summed E-state index contributed by atoms with van der Waals surface area (Å²) < 4.78 is 1.91. The number of halogens is 3. The number of nitrogens with zero attached hydrogens (tertiary/aromatic N) is 1. The van der Waals surface area contributed by atoms with E-state index in [2.05, 4.69) is 0 Å². The Kier molecular flexibility index (Phi) is 5.33. The van der Waals surface area contributed by atoms with Crippen LogP contribution in [0.25, 0.3) is 16.9 Å². The minimum atomic E-state index is -0.960. The summed E-state index contributed by atoms with van der Waals surface area (Å²) in [6.45, 7) is 3.73. The van der Waals surface area contributed by atoms with E-state index in [1.807, 2.05) is 29.7 Å². The van der Waals surface area contributed by atoms with Gasteiger partial charge >= 0.3 is 5.97 Å². The van der Waals surface area contributed by atoms with E-state index < -0.39 is 5.97 Å². The average Bonchev–Trinajstić information content (AvgIpc) is 2.88. The van der Waals surface area contributed by atoms with Crippen molar-refractivity contribution in [3.8, 4) is 16.9 Å². The van der Waals surface area contributed by atoms with E-state index in [1.54, 1.807) is 31.2 Å². The van der Waals surface area contributed by atoms with Gasteiger partial charge in [-0.2, -0.15) is 0 Å². The first-order valence-electron chi connectivity index (χ1n) is 8.04. The maximum Gasteiger partial charge on any atom is 0.337 e. The highest BCUT2D eigenvalue weighted by molar-refractivity contribution is 6.36. The fraction of sp³-hybridized carbons (Fsp3) is 0.150. The second kappa shape index (κ2) is 7.36. The van der Waals surface area contributed by atoms with Gasteiger partial charge in [0.2, 0.25) is 0 Å². The molecule has 0 aliphatic rings. The lowest BCUT2D eigenvalue weighted by molar-refractivity contribution is 0.0695.